The Morgan fingerprint density at radius 1 is 1.07 bits per heavy atom. The first-order chi connectivity index (χ1) is 28.2. The fourth-order valence-corrected chi connectivity index (χ4v) is 8.19. The predicted octanol–water partition coefficient (Wildman–Crippen LogP) is 5.22. The molecule has 4 amide bonds. The number of imide groups is 1. The van der Waals surface area contributed by atoms with Crippen LogP contribution in [0.25, 0.3) is 0 Å². The number of thiocarbonyl (C=S) groups is 1. The molecule has 1 atom stereocenters. The molecule has 6 rings (SSSR count). The van der Waals surface area contributed by atoms with Crippen LogP contribution in [0.1, 0.15) is 64.3 Å². The number of hydrogen-bond donors (Lipinski definition) is 3. The number of ether oxygens (including phenoxy) is 1. The zero-order valence-corrected chi connectivity index (χ0v) is 34.5. The highest BCUT2D eigenvalue weighted by molar-refractivity contribution is 7.81. The number of aromatic nitrogens is 1. The zero-order valence-electron chi connectivity index (χ0n) is 33.7. The lowest BCUT2D eigenvalue weighted by atomic mass is 9.98. The van der Waals surface area contributed by atoms with Crippen molar-refractivity contribution in [3.05, 3.63) is 71.3 Å². The molecule has 3 N–H and O–H groups in total. The Bertz CT molecular complexity index is 2260. The van der Waals surface area contributed by atoms with E-state index in [1.54, 1.807) is 30.9 Å². The Hall–Kier alpha value is -5.71. The van der Waals surface area contributed by atoms with Gasteiger partial charge in [-0.2, -0.15) is 18.4 Å². The Labute approximate surface area is 349 Å². The average Bonchev–Trinajstić information content (AvgIpc) is 3.34. The van der Waals surface area contributed by atoms with Crippen molar-refractivity contribution in [1.82, 2.24) is 20.1 Å². The number of piperazine rings is 1. The summed E-state index contributed by atoms with van der Waals surface area (Å²) in [6.45, 7) is 12.1. The van der Waals surface area contributed by atoms with Crippen LogP contribution in [0.15, 0.2) is 48.7 Å². The second-order valence-corrected chi connectivity index (χ2v) is 16.3. The van der Waals surface area contributed by atoms with Gasteiger partial charge in [0.15, 0.2) is 10.8 Å². The van der Waals surface area contributed by atoms with Crippen molar-refractivity contribution in [3.8, 4) is 11.8 Å². The van der Waals surface area contributed by atoms with E-state index in [0.29, 0.717) is 62.4 Å². The van der Waals surface area contributed by atoms with Crippen LogP contribution in [0.5, 0.6) is 5.75 Å². The molecular weight excluding hydrogens is 807 g/mol. The topological polar surface area (TPSA) is 163 Å². The van der Waals surface area contributed by atoms with Gasteiger partial charge in [0.2, 0.25) is 17.7 Å². The first-order valence-corrected chi connectivity index (χ1v) is 19.7. The highest BCUT2D eigenvalue weighted by Crippen LogP contribution is 2.40. The largest absolute Gasteiger partial charge is 0.492 e. The molecule has 0 radical (unpaired) electrons. The molecule has 3 aliphatic rings. The fraction of sp³-hybridized carbons (Fsp3) is 0.439. The molecule has 0 bridgehead atoms. The van der Waals surface area contributed by atoms with Crippen LogP contribution in [0, 0.1) is 17.1 Å². The fourth-order valence-electron chi connectivity index (χ4n) is 7.67. The van der Waals surface area contributed by atoms with Gasteiger partial charge in [-0.3, -0.25) is 39.2 Å². The Morgan fingerprint density at radius 2 is 1.80 bits per heavy atom. The number of carbonyl (C=O) groups excluding carboxylic acids is 4. The number of anilines is 4. The lowest BCUT2D eigenvalue weighted by Gasteiger charge is -2.46. The Morgan fingerprint density at radius 3 is 2.47 bits per heavy atom. The number of piperidine rings is 1. The maximum atomic E-state index is 14.5. The van der Waals surface area contributed by atoms with Gasteiger partial charge in [0, 0.05) is 55.2 Å². The van der Waals surface area contributed by atoms with Crippen molar-refractivity contribution >= 4 is 63.7 Å². The molecule has 2 aromatic carbocycles. The quantitative estimate of drug-likeness (QED) is 0.124. The summed E-state index contributed by atoms with van der Waals surface area (Å²) in [5, 5.41) is 17.1. The third-order valence-electron chi connectivity index (χ3n) is 10.8. The summed E-state index contributed by atoms with van der Waals surface area (Å²) >= 11 is 5.68. The molecule has 4 heterocycles. The molecule has 3 saturated heterocycles. The number of amides is 4. The smallest absolute Gasteiger partial charge is 0.419 e. The summed E-state index contributed by atoms with van der Waals surface area (Å²) in [6, 6.07) is 10.7. The summed E-state index contributed by atoms with van der Waals surface area (Å²) in [6.07, 6.45) is -2.84. The van der Waals surface area contributed by atoms with Crippen LogP contribution < -0.4 is 30.5 Å². The molecule has 318 valence electrons. The van der Waals surface area contributed by atoms with Gasteiger partial charge in [0.1, 0.15) is 35.8 Å². The minimum Gasteiger partial charge on any atom is -0.492 e. The molecule has 3 aliphatic heterocycles. The molecule has 0 aliphatic carbocycles. The number of carbonyl (C=O) groups is 4. The van der Waals surface area contributed by atoms with Crippen LogP contribution in [0.3, 0.4) is 0 Å². The normalized spacial score (nSPS) is 19.6. The SMILES string of the molecule is CCc1cc(N2C(=S)N(c3cnc(C#N)c(C(F)(F)F)c3)C(=O)C2(C)C)ccc1OCCN1CCN(CC(=O)Nc2cc(F)cc(NC3CCC(=O)NC3=O)c2)C(C)(C)C1. The molecule has 19 heteroatoms. The van der Waals surface area contributed by atoms with E-state index in [2.05, 4.69) is 30.7 Å². The number of rotatable bonds is 12. The van der Waals surface area contributed by atoms with Gasteiger partial charge in [-0.1, -0.05) is 6.92 Å². The lowest BCUT2D eigenvalue weighted by molar-refractivity contribution is -0.138. The summed E-state index contributed by atoms with van der Waals surface area (Å²) in [5.74, 6) is -1.71. The molecule has 3 aromatic rings. The first kappa shape index (κ1) is 43.9. The van der Waals surface area contributed by atoms with Gasteiger partial charge < -0.3 is 20.3 Å². The second-order valence-electron chi connectivity index (χ2n) is 15.9. The highest BCUT2D eigenvalue weighted by atomic mass is 32.1. The lowest BCUT2D eigenvalue weighted by Crippen LogP contribution is -2.61. The summed E-state index contributed by atoms with van der Waals surface area (Å²) < 4.78 is 62.0. The van der Waals surface area contributed by atoms with Gasteiger partial charge in [-0.15, -0.1) is 0 Å². The van der Waals surface area contributed by atoms with Crippen LogP contribution in [0.4, 0.5) is 40.3 Å². The molecule has 1 unspecified atom stereocenters. The Balaban J connectivity index is 1.04. The minimum atomic E-state index is -4.87. The summed E-state index contributed by atoms with van der Waals surface area (Å²) in [5.41, 5.74) is -2.04. The molecule has 0 saturated carbocycles. The number of halogens is 4. The van der Waals surface area contributed by atoms with Crippen molar-refractivity contribution in [1.29, 1.82) is 5.26 Å². The second kappa shape index (κ2) is 17.1. The van der Waals surface area contributed by atoms with Crippen molar-refractivity contribution in [3.63, 3.8) is 0 Å². The molecule has 3 fully saturated rings. The number of nitrogens with one attached hydrogen (secondary N) is 3. The predicted molar refractivity (Wildman–Crippen MR) is 219 cm³/mol. The third-order valence-corrected chi connectivity index (χ3v) is 11.2. The molecule has 14 nitrogen and oxygen atoms in total. The van der Waals surface area contributed by atoms with Gasteiger partial charge in [0.25, 0.3) is 5.91 Å². The van der Waals surface area contributed by atoms with E-state index in [9.17, 15) is 42.0 Å². The van der Waals surface area contributed by atoms with Gasteiger partial charge >= 0.3 is 6.18 Å². The number of alkyl halides is 3. The van der Waals surface area contributed by atoms with Crippen molar-refractivity contribution in [2.24, 2.45) is 0 Å². The van der Waals surface area contributed by atoms with Crippen molar-refractivity contribution in [2.45, 2.75) is 77.2 Å². The van der Waals surface area contributed by atoms with E-state index in [1.165, 1.54) is 24.3 Å². The molecule has 60 heavy (non-hydrogen) atoms. The van der Waals surface area contributed by atoms with E-state index in [0.717, 1.165) is 16.7 Å². The third kappa shape index (κ3) is 9.35. The summed E-state index contributed by atoms with van der Waals surface area (Å²) in [7, 11) is 0. The average molecular weight is 852 g/mol. The van der Waals surface area contributed by atoms with Gasteiger partial charge in [-0.25, -0.2) is 9.37 Å². The van der Waals surface area contributed by atoms with Crippen LogP contribution in [0.2, 0.25) is 0 Å². The number of pyridine rings is 1. The highest BCUT2D eigenvalue weighted by Gasteiger charge is 2.51. The summed E-state index contributed by atoms with van der Waals surface area (Å²) in [4.78, 5) is 61.0. The van der Waals surface area contributed by atoms with Gasteiger partial charge in [0.05, 0.1) is 24.0 Å². The first-order valence-electron chi connectivity index (χ1n) is 19.3. The standard InChI is InChI=1S/C41H45F4N9O5S/c1-6-24-15-28(54-38(60)53(37(58)40(54,4)5)29-19-30(41(43,44)45)32(20-46)47-21-29)7-9-33(24)59-14-13-51-11-12-52(39(2,3)23-51)22-35(56)49-27-17-25(42)16-26(18-27)48-31-8-10-34(55)50-36(31)57/h7,9,15-19,21,31,48H,6,8,10-14,22-23H2,1-5H3,(H,49,56)(H,50,55,57). The minimum absolute atomic E-state index is 0.0398. The molecular formula is C41H45F4N9O5S. The number of aryl methyl sites for hydroxylation is 1. The maximum Gasteiger partial charge on any atom is 0.419 e. The monoisotopic (exact) mass is 851 g/mol. The zero-order chi connectivity index (χ0) is 43.7. The number of hydrogen-bond acceptors (Lipinski definition) is 11. The Kier molecular flexibility index (Phi) is 12.5. The van der Waals surface area contributed by atoms with E-state index in [4.69, 9.17) is 17.0 Å². The number of nitrogens with zero attached hydrogens (tertiary/aromatic N) is 6. The maximum absolute atomic E-state index is 14.5. The van der Waals surface area contributed by atoms with Crippen molar-refractivity contribution in [2.75, 3.05) is 59.8 Å². The van der Waals surface area contributed by atoms with E-state index in [-0.39, 0.29) is 47.7 Å². The number of benzene rings is 2. The molecule has 1 aromatic heterocycles. The van der Waals surface area contributed by atoms with Crippen molar-refractivity contribution < 1.29 is 41.5 Å². The van der Waals surface area contributed by atoms with E-state index in [1.807, 2.05) is 26.8 Å². The van der Waals surface area contributed by atoms with Crippen LogP contribution >= 0.6 is 12.2 Å². The van der Waals surface area contributed by atoms with Gasteiger partial charge in [-0.05, 0) is 101 Å². The molecule has 0 spiro atoms. The van der Waals surface area contributed by atoms with E-state index >= 15 is 0 Å². The number of nitriles is 1. The van der Waals surface area contributed by atoms with Crippen LogP contribution in [-0.2, 0) is 31.8 Å². The van der Waals surface area contributed by atoms with E-state index < -0.39 is 52.2 Å². The van der Waals surface area contributed by atoms with Crippen LogP contribution in [-0.4, -0.2) is 100.0 Å².